The Morgan fingerprint density at radius 2 is 1.71 bits per heavy atom. The second kappa shape index (κ2) is 9.66. The molecule has 1 fully saturated rings. The van der Waals surface area contributed by atoms with Gasteiger partial charge in [0.05, 0.1) is 20.5 Å². The number of carbonyl (C=O) groups excluding carboxylic acids is 2. The van der Waals surface area contributed by atoms with Gasteiger partial charge in [-0.2, -0.15) is 0 Å². The molecule has 164 valence electrons. The molecule has 0 bridgehead atoms. The van der Waals surface area contributed by atoms with Crippen LogP contribution in [0.2, 0.25) is 10.0 Å². The highest BCUT2D eigenvalue weighted by molar-refractivity contribution is 6.42. The highest BCUT2D eigenvalue weighted by Gasteiger charge is 2.28. The van der Waals surface area contributed by atoms with Gasteiger partial charge in [-0.25, -0.2) is 4.79 Å². The number of rotatable bonds is 6. The first-order chi connectivity index (χ1) is 14.7. The van der Waals surface area contributed by atoms with E-state index >= 15 is 0 Å². The quantitative estimate of drug-likeness (QED) is 0.245. The largest absolute Gasteiger partial charge is 0.454 e. The molecule has 9 heteroatoms. The van der Waals surface area contributed by atoms with Gasteiger partial charge in [0.2, 0.25) is 0 Å². The van der Waals surface area contributed by atoms with Crippen LogP contribution in [0.4, 0.5) is 11.4 Å². The molecule has 7 nitrogen and oxygen atoms in total. The normalized spacial score (nSPS) is 18.5. The van der Waals surface area contributed by atoms with Crippen LogP contribution < -0.4 is 4.90 Å². The van der Waals surface area contributed by atoms with Crippen molar-refractivity contribution in [2.45, 2.75) is 20.3 Å². The Morgan fingerprint density at radius 1 is 1.06 bits per heavy atom. The summed E-state index contributed by atoms with van der Waals surface area (Å²) in [6.07, 6.45) is 1.07. The molecule has 0 spiro atoms. The number of Topliss-reactive ketones (excluding diaryl/α,β-unsaturated/α-hetero) is 1. The number of nitrogens with zero attached hydrogens (tertiary/aromatic N) is 2. The Bertz CT molecular complexity index is 1020. The van der Waals surface area contributed by atoms with Gasteiger partial charge in [0.15, 0.2) is 12.4 Å². The van der Waals surface area contributed by atoms with Crippen molar-refractivity contribution in [1.82, 2.24) is 0 Å². The van der Waals surface area contributed by atoms with Gasteiger partial charge < -0.3 is 9.64 Å². The molecule has 2 aromatic rings. The van der Waals surface area contributed by atoms with Crippen LogP contribution in [0.3, 0.4) is 0 Å². The van der Waals surface area contributed by atoms with E-state index in [4.69, 9.17) is 27.9 Å². The number of benzene rings is 2. The number of piperidine rings is 1. The van der Waals surface area contributed by atoms with Gasteiger partial charge in [-0.1, -0.05) is 37.0 Å². The average molecular weight is 465 g/mol. The summed E-state index contributed by atoms with van der Waals surface area (Å²) < 4.78 is 5.07. The Kier molecular flexibility index (Phi) is 7.18. The fraction of sp³-hybridized carbons (Fsp3) is 0.364. The maximum absolute atomic E-state index is 12.4. The summed E-state index contributed by atoms with van der Waals surface area (Å²) in [5.74, 6) is -0.446. The van der Waals surface area contributed by atoms with Gasteiger partial charge in [-0.3, -0.25) is 14.9 Å². The van der Waals surface area contributed by atoms with Crippen LogP contribution in [0.1, 0.15) is 41.0 Å². The SMILES string of the molecule is CC1CC(C)CN(c2ccc(C(=O)OCC(=O)c3ccc(Cl)c(Cl)c3)cc2[N+](=O)[O-])C1. The van der Waals surface area contributed by atoms with Crippen LogP contribution in [0.25, 0.3) is 0 Å². The number of hydrogen-bond acceptors (Lipinski definition) is 6. The van der Waals surface area contributed by atoms with Crippen LogP contribution in [0.5, 0.6) is 0 Å². The monoisotopic (exact) mass is 464 g/mol. The van der Waals surface area contributed by atoms with Gasteiger partial charge in [-0.15, -0.1) is 0 Å². The third-order valence-corrected chi connectivity index (χ3v) is 5.93. The Labute approximate surface area is 190 Å². The lowest BCUT2D eigenvalue weighted by molar-refractivity contribution is -0.384. The summed E-state index contributed by atoms with van der Waals surface area (Å²) in [7, 11) is 0. The maximum atomic E-state index is 12.4. The van der Waals surface area contributed by atoms with Crippen molar-refractivity contribution in [3.05, 3.63) is 67.7 Å². The van der Waals surface area contributed by atoms with Gasteiger partial charge in [0.25, 0.3) is 5.69 Å². The zero-order chi connectivity index (χ0) is 22.7. The minimum absolute atomic E-state index is 0.00972. The number of hydrogen-bond donors (Lipinski definition) is 0. The van der Waals surface area contributed by atoms with Crippen LogP contribution in [-0.2, 0) is 4.74 Å². The van der Waals surface area contributed by atoms with E-state index < -0.39 is 23.3 Å². The van der Waals surface area contributed by atoms with Crippen molar-refractivity contribution in [2.75, 3.05) is 24.6 Å². The first kappa shape index (κ1) is 23.0. The second-order valence-corrected chi connectivity index (χ2v) is 8.75. The van der Waals surface area contributed by atoms with E-state index in [1.165, 1.54) is 30.3 Å². The Balaban J connectivity index is 1.74. The molecule has 2 unspecified atom stereocenters. The van der Waals surface area contributed by atoms with Crippen molar-refractivity contribution in [1.29, 1.82) is 0 Å². The fourth-order valence-electron chi connectivity index (χ4n) is 3.89. The number of nitro benzene ring substituents is 1. The maximum Gasteiger partial charge on any atom is 0.338 e. The molecule has 0 radical (unpaired) electrons. The molecule has 2 atom stereocenters. The van der Waals surface area contributed by atoms with Gasteiger partial charge in [0.1, 0.15) is 5.69 Å². The Hall–Kier alpha value is -2.64. The topological polar surface area (TPSA) is 89.8 Å². The standard InChI is InChI=1S/C22H22Cl2N2O5/c1-13-7-14(2)11-25(10-13)19-6-4-16(9-20(19)26(29)30)22(28)31-12-21(27)15-3-5-17(23)18(24)8-15/h3-6,8-9,13-14H,7,10-12H2,1-2H3. The first-order valence-corrected chi connectivity index (χ1v) is 10.6. The predicted molar refractivity (Wildman–Crippen MR) is 119 cm³/mol. The smallest absolute Gasteiger partial charge is 0.338 e. The summed E-state index contributed by atoms with van der Waals surface area (Å²) in [6.45, 7) is 5.14. The van der Waals surface area contributed by atoms with Crippen LogP contribution in [0, 0.1) is 22.0 Å². The summed E-state index contributed by atoms with van der Waals surface area (Å²) >= 11 is 11.7. The summed E-state index contributed by atoms with van der Waals surface area (Å²) in [5.41, 5.74) is 0.575. The number of carbonyl (C=O) groups is 2. The summed E-state index contributed by atoms with van der Waals surface area (Å²) in [4.78, 5) is 37.8. The molecule has 3 rings (SSSR count). The van der Waals surface area contributed by atoms with Gasteiger partial charge >= 0.3 is 5.97 Å². The lowest BCUT2D eigenvalue weighted by atomic mass is 9.91. The molecular weight excluding hydrogens is 443 g/mol. The van der Waals surface area contributed by atoms with Crippen LogP contribution in [0.15, 0.2) is 36.4 Å². The predicted octanol–water partition coefficient (Wildman–Crippen LogP) is 5.42. The van der Waals surface area contributed by atoms with Crippen molar-refractivity contribution in [3.63, 3.8) is 0 Å². The average Bonchev–Trinajstić information content (AvgIpc) is 2.72. The highest BCUT2D eigenvalue weighted by Crippen LogP contribution is 2.34. The van der Waals surface area contributed by atoms with E-state index in [0.29, 0.717) is 35.6 Å². The van der Waals surface area contributed by atoms with Crippen molar-refractivity contribution in [3.8, 4) is 0 Å². The van der Waals surface area contributed by atoms with Crippen LogP contribution in [-0.4, -0.2) is 36.4 Å². The zero-order valence-corrected chi connectivity index (χ0v) is 18.7. The molecule has 31 heavy (non-hydrogen) atoms. The molecule has 0 aromatic heterocycles. The number of ether oxygens (including phenoxy) is 1. The first-order valence-electron chi connectivity index (χ1n) is 9.84. The van der Waals surface area contributed by atoms with Crippen LogP contribution >= 0.6 is 23.2 Å². The number of ketones is 1. The minimum atomic E-state index is -0.816. The third-order valence-electron chi connectivity index (χ3n) is 5.19. The summed E-state index contributed by atoms with van der Waals surface area (Å²) in [5, 5.41) is 12.2. The molecule has 0 saturated carbocycles. The number of nitro groups is 1. The third kappa shape index (κ3) is 5.54. The Morgan fingerprint density at radius 3 is 2.32 bits per heavy atom. The van der Waals surface area contributed by atoms with Crippen molar-refractivity contribution < 1.29 is 19.2 Å². The molecule has 0 amide bonds. The molecular formula is C22H22Cl2N2O5. The lowest BCUT2D eigenvalue weighted by Gasteiger charge is -2.36. The number of halogens is 2. The van der Waals surface area contributed by atoms with Crippen molar-refractivity contribution >= 4 is 46.3 Å². The second-order valence-electron chi connectivity index (χ2n) is 7.94. The molecule has 1 aliphatic heterocycles. The molecule has 0 aliphatic carbocycles. The van der Waals surface area contributed by atoms with E-state index in [1.807, 2.05) is 4.90 Å². The summed E-state index contributed by atoms with van der Waals surface area (Å²) in [6, 6.07) is 8.60. The van der Waals surface area contributed by atoms with Gasteiger partial charge in [0, 0.05) is 24.7 Å². The van der Waals surface area contributed by atoms with E-state index in [1.54, 1.807) is 6.07 Å². The molecule has 2 aromatic carbocycles. The highest BCUT2D eigenvalue weighted by atomic mass is 35.5. The molecule has 1 saturated heterocycles. The fourth-order valence-corrected chi connectivity index (χ4v) is 4.19. The molecule has 0 N–H and O–H groups in total. The molecule has 1 heterocycles. The number of anilines is 1. The van der Waals surface area contributed by atoms with E-state index in [9.17, 15) is 19.7 Å². The van der Waals surface area contributed by atoms with Crippen molar-refractivity contribution in [2.24, 2.45) is 11.8 Å². The minimum Gasteiger partial charge on any atom is -0.454 e. The lowest BCUT2D eigenvalue weighted by Crippen LogP contribution is -2.39. The number of esters is 1. The zero-order valence-electron chi connectivity index (χ0n) is 17.1. The van der Waals surface area contributed by atoms with Gasteiger partial charge in [-0.05, 0) is 48.6 Å². The molecule has 1 aliphatic rings. The van der Waals surface area contributed by atoms with E-state index in [-0.39, 0.29) is 21.8 Å². The van der Waals surface area contributed by atoms with E-state index in [2.05, 4.69) is 13.8 Å². The van der Waals surface area contributed by atoms with E-state index in [0.717, 1.165) is 6.42 Å².